The van der Waals surface area contributed by atoms with Gasteiger partial charge >= 0.3 is 20.3 Å². The highest BCUT2D eigenvalue weighted by Gasteiger charge is 2.27. The van der Waals surface area contributed by atoms with Gasteiger partial charge in [0.1, 0.15) is 12.1 Å². The Hall–Kier alpha value is -3.10. The molecule has 2 aromatic rings. The van der Waals surface area contributed by atoms with Crippen molar-refractivity contribution in [3.8, 4) is 0 Å². The Balaban J connectivity index is 1.77. The van der Waals surface area contributed by atoms with Crippen LogP contribution in [0.2, 0.25) is 0 Å². The highest BCUT2D eigenvalue weighted by molar-refractivity contribution is 9.10. The van der Waals surface area contributed by atoms with Crippen LogP contribution in [0.1, 0.15) is 40.5 Å². The van der Waals surface area contributed by atoms with E-state index in [1.807, 2.05) is 27.7 Å². The van der Waals surface area contributed by atoms with Gasteiger partial charge in [0.25, 0.3) is 0 Å². The first-order chi connectivity index (χ1) is 20.8. The number of carbonyl (C=O) groups excluding carboxylic acids is 4. The molecule has 0 fully saturated rings. The van der Waals surface area contributed by atoms with Crippen LogP contribution in [0, 0.1) is 11.8 Å². The summed E-state index contributed by atoms with van der Waals surface area (Å²) in [5, 5.41) is 15.5. The van der Waals surface area contributed by atoms with Gasteiger partial charge in [0.15, 0.2) is 13.5 Å². The summed E-state index contributed by atoms with van der Waals surface area (Å²) in [6.45, 7) is 6.70. The average molecular weight is 761 g/mol. The van der Waals surface area contributed by atoms with Gasteiger partial charge in [-0.25, -0.2) is 9.59 Å². The highest BCUT2D eigenvalue weighted by atomic mass is 79.9. The zero-order chi connectivity index (χ0) is 32.6. The lowest BCUT2D eigenvalue weighted by Crippen LogP contribution is -2.49. The molecule has 2 aromatic carbocycles. The summed E-state index contributed by atoms with van der Waals surface area (Å²) in [7, 11) is -2.71. The molecule has 0 bridgehead atoms. The van der Waals surface area contributed by atoms with E-state index in [2.05, 4.69) is 63.8 Å². The zero-order valence-corrected chi connectivity index (χ0v) is 28.9. The summed E-state index contributed by atoms with van der Waals surface area (Å²) in [6, 6.07) is 11.0. The van der Waals surface area contributed by atoms with Gasteiger partial charge < -0.3 is 31.9 Å². The van der Waals surface area contributed by atoms with E-state index < -0.39 is 57.7 Å². The van der Waals surface area contributed by atoms with Crippen molar-refractivity contribution in [2.45, 2.75) is 52.6 Å². The number of urea groups is 2. The Bertz CT molecular complexity index is 1170. The lowest BCUT2D eigenvalue weighted by atomic mass is 10.0. The molecule has 0 spiro atoms. The van der Waals surface area contributed by atoms with Crippen molar-refractivity contribution in [1.82, 2.24) is 21.3 Å². The quantitative estimate of drug-likeness (QED) is 0.0923. The third-order valence-electron chi connectivity index (χ3n) is 5.69. The summed E-state index contributed by atoms with van der Waals surface area (Å²) in [5.74, 6) is -0.899. The van der Waals surface area contributed by atoms with Crippen LogP contribution < -0.4 is 31.9 Å². The minimum atomic E-state index is -2.71. The van der Waals surface area contributed by atoms with Crippen LogP contribution in [-0.4, -0.2) is 49.4 Å². The molecular formula is C28H38Br2N6O7P+. The second-order valence-corrected chi connectivity index (χ2v) is 13.2. The number of anilines is 2. The normalized spacial score (nSPS) is 12.2. The van der Waals surface area contributed by atoms with Crippen molar-refractivity contribution in [3.63, 3.8) is 0 Å². The van der Waals surface area contributed by atoms with Gasteiger partial charge in [-0.3, -0.25) is 9.59 Å². The minimum Gasteiger partial charge on any atom is -0.327 e. The molecule has 0 aliphatic heterocycles. The summed E-state index contributed by atoms with van der Waals surface area (Å²) < 4.78 is 23.9. The number of rotatable bonds is 16. The first-order valence-corrected chi connectivity index (χ1v) is 16.4. The van der Waals surface area contributed by atoms with E-state index in [0.29, 0.717) is 24.2 Å². The lowest BCUT2D eigenvalue weighted by molar-refractivity contribution is -0.124. The molecule has 0 heterocycles. The first-order valence-electron chi connectivity index (χ1n) is 13.8. The molecule has 2 rings (SSSR count). The van der Waals surface area contributed by atoms with Crippen LogP contribution in [0.5, 0.6) is 0 Å². The number of hydrogen-bond acceptors (Lipinski definition) is 7. The Morgan fingerprint density at radius 3 is 1.32 bits per heavy atom. The van der Waals surface area contributed by atoms with Crippen molar-refractivity contribution in [3.05, 3.63) is 57.5 Å². The van der Waals surface area contributed by atoms with E-state index in [1.54, 1.807) is 48.5 Å². The first kappa shape index (κ1) is 37.1. The molecule has 0 aliphatic carbocycles. The number of nitrogens with one attached hydrogen (secondary N) is 6. The molecule has 6 N–H and O–H groups in total. The van der Waals surface area contributed by atoms with Crippen molar-refractivity contribution < 1.29 is 32.8 Å². The Kier molecular flexibility index (Phi) is 16.3. The lowest BCUT2D eigenvalue weighted by Gasteiger charge is -2.20. The minimum absolute atomic E-state index is 0.0871. The Morgan fingerprint density at radius 2 is 1.00 bits per heavy atom. The van der Waals surface area contributed by atoms with Crippen molar-refractivity contribution in [2.24, 2.45) is 11.8 Å². The fourth-order valence-corrected chi connectivity index (χ4v) is 4.66. The Morgan fingerprint density at radius 1 is 0.659 bits per heavy atom. The molecule has 2 atom stereocenters. The van der Waals surface area contributed by atoms with Crippen LogP contribution in [0.4, 0.5) is 21.0 Å². The summed E-state index contributed by atoms with van der Waals surface area (Å²) in [4.78, 5) is 50.3. The number of amides is 6. The van der Waals surface area contributed by atoms with E-state index >= 15 is 0 Å². The fraction of sp³-hybridized carbons (Fsp3) is 0.429. The van der Waals surface area contributed by atoms with Gasteiger partial charge in [-0.15, -0.1) is 0 Å². The average Bonchev–Trinajstić information content (AvgIpc) is 2.94. The maximum absolute atomic E-state index is 12.7. The van der Waals surface area contributed by atoms with Crippen molar-refractivity contribution in [2.75, 3.05) is 24.1 Å². The molecule has 0 saturated carbocycles. The highest BCUT2D eigenvalue weighted by Crippen LogP contribution is 2.22. The molecule has 240 valence electrons. The number of hydrogen-bond donors (Lipinski definition) is 6. The molecule has 0 unspecified atom stereocenters. The number of carbonyl (C=O) groups is 4. The van der Waals surface area contributed by atoms with Gasteiger partial charge in [0, 0.05) is 24.9 Å². The monoisotopic (exact) mass is 759 g/mol. The van der Waals surface area contributed by atoms with E-state index in [9.17, 15) is 23.7 Å². The predicted octanol–water partition coefficient (Wildman–Crippen LogP) is 5.82. The SMILES string of the molecule is CC(C)C[C@H](NC(=O)Nc1ccc(Br)cc1)C(=O)NCO[P+](=O)OCNC(=O)[C@H](CC(C)C)NC(=O)Nc1ccc(Br)cc1. The maximum atomic E-state index is 12.7. The predicted molar refractivity (Wildman–Crippen MR) is 175 cm³/mol. The smallest absolute Gasteiger partial charge is 0.327 e. The molecule has 0 aromatic heterocycles. The van der Waals surface area contributed by atoms with Gasteiger partial charge in [-0.1, -0.05) is 68.6 Å². The molecule has 16 heteroatoms. The maximum Gasteiger partial charge on any atom is 0.701 e. The van der Waals surface area contributed by atoms with Crippen molar-refractivity contribution in [1.29, 1.82) is 0 Å². The summed E-state index contributed by atoms with van der Waals surface area (Å²) in [6.07, 6.45) is 0.696. The molecule has 6 amide bonds. The van der Waals surface area contributed by atoms with E-state index in [0.717, 1.165) is 8.95 Å². The molecule has 0 saturated heterocycles. The van der Waals surface area contributed by atoms with Gasteiger partial charge in [-0.2, -0.15) is 0 Å². The van der Waals surface area contributed by atoms with Gasteiger partial charge in [0.2, 0.25) is 11.8 Å². The Labute approximate surface area is 274 Å². The van der Waals surface area contributed by atoms with Crippen LogP contribution in [-0.2, 0) is 23.2 Å². The zero-order valence-electron chi connectivity index (χ0n) is 24.8. The van der Waals surface area contributed by atoms with Crippen LogP contribution in [0.25, 0.3) is 0 Å². The van der Waals surface area contributed by atoms with Crippen molar-refractivity contribution >= 4 is 75.4 Å². The van der Waals surface area contributed by atoms with E-state index in [1.165, 1.54) is 0 Å². The van der Waals surface area contributed by atoms with Gasteiger partial charge in [-0.05, 0) is 73.2 Å². The largest absolute Gasteiger partial charge is 0.701 e. The van der Waals surface area contributed by atoms with E-state index in [-0.39, 0.29) is 11.8 Å². The third-order valence-corrected chi connectivity index (χ3v) is 7.43. The van der Waals surface area contributed by atoms with Crippen LogP contribution >= 0.6 is 40.1 Å². The second-order valence-electron chi connectivity index (χ2n) is 10.4. The molecule has 0 radical (unpaired) electrons. The van der Waals surface area contributed by atoms with Gasteiger partial charge in [0.05, 0.1) is 0 Å². The topological polar surface area (TPSA) is 176 Å². The summed E-state index contributed by atoms with van der Waals surface area (Å²) in [5.41, 5.74) is 1.10. The fourth-order valence-electron chi connectivity index (χ4n) is 3.72. The summed E-state index contributed by atoms with van der Waals surface area (Å²) >= 11 is 6.65. The van der Waals surface area contributed by atoms with Crippen LogP contribution in [0.15, 0.2) is 57.5 Å². The number of halogens is 2. The molecular weight excluding hydrogens is 723 g/mol. The molecule has 44 heavy (non-hydrogen) atoms. The third kappa shape index (κ3) is 15.1. The second kappa shape index (κ2) is 19.3. The number of benzene rings is 2. The molecule has 13 nitrogen and oxygen atoms in total. The van der Waals surface area contributed by atoms with Crippen LogP contribution in [0.3, 0.4) is 0 Å². The molecule has 0 aliphatic rings. The van der Waals surface area contributed by atoms with E-state index in [4.69, 9.17) is 9.05 Å². The standard InChI is InChI=1S/C28H37Br2N6O7P/c1-17(2)13-23(35-27(39)33-21-9-5-19(29)6-10-21)25(37)31-15-42-44(41)43-16-32-26(38)24(14-18(3)4)36-28(40)34-22-11-7-20(30)8-12-22/h5-12,17-18,23-24H,13-16H2,1-4H3,(H5-,31,32,33,34,35,36,37,38,39,40)/p+1/t23-,24-/m0/s1.